The van der Waals surface area contributed by atoms with Gasteiger partial charge in [0.25, 0.3) is 0 Å². The molecule has 1 rings (SSSR count). The van der Waals surface area contributed by atoms with Crippen LogP contribution in [0.15, 0.2) is 18.2 Å². The third kappa shape index (κ3) is 3.04. The van der Waals surface area contributed by atoms with E-state index in [1.54, 1.807) is 0 Å². The highest BCUT2D eigenvalue weighted by atomic mass is 16.3. The summed E-state index contributed by atoms with van der Waals surface area (Å²) >= 11 is 0. The predicted molar refractivity (Wildman–Crippen MR) is 60.7 cm³/mol. The van der Waals surface area contributed by atoms with Crippen molar-refractivity contribution in [2.75, 3.05) is 11.9 Å². The molecule has 0 amide bonds. The van der Waals surface area contributed by atoms with E-state index in [9.17, 15) is 0 Å². The maximum Gasteiger partial charge on any atom is 0.0656 e. The van der Waals surface area contributed by atoms with E-state index in [1.165, 1.54) is 11.1 Å². The summed E-state index contributed by atoms with van der Waals surface area (Å²) in [6.45, 7) is 8.23. The van der Waals surface area contributed by atoms with Crippen molar-refractivity contribution in [2.24, 2.45) is 0 Å². The Morgan fingerprint density at radius 3 is 2.07 bits per heavy atom. The van der Waals surface area contributed by atoms with Gasteiger partial charge in [0.15, 0.2) is 0 Å². The van der Waals surface area contributed by atoms with Gasteiger partial charge >= 0.3 is 0 Å². The zero-order valence-corrected chi connectivity index (χ0v) is 9.39. The van der Waals surface area contributed by atoms with Crippen LogP contribution in [0.25, 0.3) is 0 Å². The van der Waals surface area contributed by atoms with Gasteiger partial charge in [0.2, 0.25) is 0 Å². The quantitative estimate of drug-likeness (QED) is 0.773. The standard InChI is InChI=1S/C12H19NO/c1-9-5-10(2)7-11(6-9)13-12(3,4)8-14/h5-7,13-14H,8H2,1-4H3. The minimum Gasteiger partial charge on any atom is -0.394 e. The number of aliphatic hydroxyl groups excluding tert-OH is 1. The van der Waals surface area contributed by atoms with Crippen LogP contribution in [0.1, 0.15) is 25.0 Å². The molecule has 0 unspecified atom stereocenters. The molecule has 0 fully saturated rings. The van der Waals surface area contributed by atoms with Crippen LogP contribution in [0.4, 0.5) is 5.69 Å². The van der Waals surface area contributed by atoms with Crippen LogP contribution >= 0.6 is 0 Å². The lowest BCUT2D eigenvalue weighted by Crippen LogP contribution is -2.34. The van der Waals surface area contributed by atoms with Crippen LogP contribution < -0.4 is 5.32 Å². The van der Waals surface area contributed by atoms with Gasteiger partial charge in [-0.1, -0.05) is 6.07 Å². The van der Waals surface area contributed by atoms with E-state index < -0.39 is 0 Å². The van der Waals surface area contributed by atoms with Gasteiger partial charge in [0.1, 0.15) is 0 Å². The molecule has 0 spiro atoms. The van der Waals surface area contributed by atoms with Gasteiger partial charge in [-0.05, 0) is 51.0 Å². The molecule has 0 atom stereocenters. The average Bonchev–Trinajstić information content (AvgIpc) is 2.01. The van der Waals surface area contributed by atoms with E-state index in [4.69, 9.17) is 5.11 Å². The van der Waals surface area contributed by atoms with Crippen molar-refractivity contribution in [2.45, 2.75) is 33.2 Å². The molecule has 2 N–H and O–H groups in total. The summed E-state index contributed by atoms with van der Waals surface area (Å²) in [4.78, 5) is 0. The minimum atomic E-state index is -0.264. The number of rotatable bonds is 3. The molecule has 0 aliphatic rings. The summed E-state index contributed by atoms with van der Waals surface area (Å²) in [5, 5.41) is 12.4. The van der Waals surface area contributed by atoms with Gasteiger partial charge < -0.3 is 10.4 Å². The smallest absolute Gasteiger partial charge is 0.0656 e. The Balaban J connectivity index is 2.87. The number of hydrogen-bond acceptors (Lipinski definition) is 2. The van der Waals surface area contributed by atoms with Crippen molar-refractivity contribution < 1.29 is 5.11 Å². The fourth-order valence-electron chi connectivity index (χ4n) is 1.48. The molecule has 0 bridgehead atoms. The van der Waals surface area contributed by atoms with Crippen LogP contribution in [-0.4, -0.2) is 17.3 Å². The van der Waals surface area contributed by atoms with Crippen LogP contribution in [-0.2, 0) is 0 Å². The number of aliphatic hydroxyl groups is 1. The zero-order valence-electron chi connectivity index (χ0n) is 9.39. The lowest BCUT2D eigenvalue weighted by Gasteiger charge is -2.25. The fourth-order valence-corrected chi connectivity index (χ4v) is 1.48. The van der Waals surface area contributed by atoms with Gasteiger partial charge in [0.05, 0.1) is 12.1 Å². The number of benzene rings is 1. The highest BCUT2D eigenvalue weighted by Gasteiger charge is 2.15. The Bertz CT molecular complexity index is 298. The number of aryl methyl sites for hydroxylation is 2. The minimum absolute atomic E-state index is 0.125. The first-order valence-corrected chi connectivity index (χ1v) is 4.90. The highest BCUT2D eigenvalue weighted by molar-refractivity contribution is 5.49. The Labute approximate surface area is 86.0 Å². The largest absolute Gasteiger partial charge is 0.394 e. The molecule has 1 aromatic rings. The number of hydrogen-bond donors (Lipinski definition) is 2. The molecule has 0 heterocycles. The topological polar surface area (TPSA) is 32.3 Å². The Hall–Kier alpha value is -1.02. The zero-order chi connectivity index (χ0) is 10.8. The van der Waals surface area contributed by atoms with Crippen molar-refractivity contribution in [1.82, 2.24) is 0 Å². The second-order valence-corrected chi connectivity index (χ2v) is 4.54. The summed E-state index contributed by atoms with van der Waals surface area (Å²) in [7, 11) is 0. The van der Waals surface area contributed by atoms with Crippen LogP contribution in [0.3, 0.4) is 0 Å². The second-order valence-electron chi connectivity index (χ2n) is 4.54. The first-order chi connectivity index (χ1) is 6.43. The van der Waals surface area contributed by atoms with Gasteiger partial charge in [0, 0.05) is 5.69 Å². The van der Waals surface area contributed by atoms with E-state index in [0.717, 1.165) is 5.69 Å². The summed E-state index contributed by atoms with van der Waals surface area (Å²) in [6, 6.07) is 6.31. The van der Waals surface area contributed by atoms with E-state index in [1.807, 2.05) is 13.8 Å². The van der Waals surface area contributed by atoms with E-state index in [0.29, 0.717) is 0 Å². The Kier molecular flexibility index (Phi) is 3.17. The van der Waals surface area contributed by atoms with Crippen LogP contribution in [0, 0.1) is 13.8 Å². The molecule has 2 heteroatoms. The molecule has 1 aromatic carbocycles. The van der Waals surface area contributed by atoms with Gasteiger partial charge in [-0.15, -0.1) is 0 Å². The molecule has 0 saturated heterocycles. The molecule has 0 saturated carbocycles. The molecule has 0 aliphatic heterocycles. The Morgan fingerprint density at radius 1 is 1.14 bits per heavy atom. The summed E-state index contributed by atoms with van der Waals surface area (Å²) in [5.74, 6) is 0. The molecule has 78 valence electrons. The number of anilines is 1. The van der Waals surface area contributed by atoms with Gasteiger partial charge in [-0.25, -0.2) is 0 Å². The maximum atomic E-state index is 9.13. The van der Waals surface area contributed by atoms with Crippen LogP contribution in [0.5, 0.6) is 0 Å². The molecule has 0 aromatic heterocycles. The first-order valence-electron chi connectivity index (χ1n) is 4.90. The van der Waals surface area contributed by atoms with E-state index in [2.05, 4.69) is 37.4 Å². The van der Waals surface area contributed by atoms with E-state index in [-0.39, 0.29) is 12.1 Å². The molecule has 0 radical (unpaired) electrons. The van der Waals surface area contributed by atoms with Gasteiger partial charge in [-0.2, -0.15) is 0 Å². The second kappa shape index (κ2) is 4.01. The monoisotopic (exact) mass is 193 g/mol. The third-order valence-electron chi connectivity index (χ3n) is 2.10. The summed E-state index contributed by atoms with van der Waals surface area (Å²) < 4.78 is 0. The first kappa shape index (κ1) is 11.1. The lowest BCUT2D eigenvalue weighted by molar-refractivity contribution is 0.234. The van der Waals surface area contributed by atoms with Crippen molar-refractivity contribution >= 4 is 5.69 Å². The van der Waals surface area contributed by atoms with E-state index >= 15 is 0 Å². The molecule has 14 heavy (non-hydrogen) atoms. The molecule has 2 nitrogen and oxygen atoms in total. The van der Waals surface area contributed by atoms with Crippen molar-refractivity contribution in [3.63, 3.8) is 0 Å². The lowest BCUT2D eigenvalue weighted by atomic mass is 10.1. The molecule has 0 aliphatic carbocycles. The molecular formula is C12H19NO. The predicted octanol–water partition coefficient (Wildman–Crippen LogP) is 2.49. The molecular weight excluding hydrogens is 174 g/mol. The normalized spacial score (nSPS) is 11.5. The maximum absolute atomic E-state index is 9.13. The van der Waals surface area contributed by atoms with Crippen molar-refractivity contribution in [3.05, 3.63) is 29.3 Å². The SMILES string of the molecule is Cc1cc(C)cc(NC(C)(C)CO)c1. The van der Waals surface area contributed by atoms with Crippen molar-refractivity contribution in [3.8, 4) is 0 Å². The Morgan fingerprint density at radius 2 is 1.64 bits per heavy atom. The summed E-state index contributed by atoms with van der Waals surface area (Å²) in [6.07, 6.45) is 0. The highest BCUT2D eigenvalue weighted by Crippen LogP contribution is 2.18. The van der Waals surface area contributed by atoms with Crippen LogP contribution in [0.2, 0.25) is 0 Å². The fraction of sp³-hybridized carbons (Fsp3) is 0.500. The summed E-state index contributed by atoms with van der Waals surface area (Å²) in [5.41, 5.74) is 3.28. The third-order valence-corrected chi connectivity index (χ3v) is 2.10. The van der Waals surface area contributed by atoms with Gasteiger partial charge in [-0.3, -0.25) is 0 Å². The average molecular weight is 193 g/mol. The number of nitrogens with one attached hydrogen (secondary N) is 1. The van der Waals surface area contributed by atoms with Crippen molar-refractivity contribution in [1.29, 1.82) is 0 Å².